The highest BCUT2D eigenvalue weighted by atomic mass is 16.6. The smallest absolute Gasteiger partial charge is 0.410 e. The van der Waals surface area contributed by atoms with Crippen molar-refractivity contribution in [3.05, 3.63) is 0 Å². The Labute approximate surface area is 283 Å². The average Bonchev–Trinajstić information content (AvgIpc) is 2.98. The molecule has 2 aliphatic heterocycles. The molecule has 11 heteroatoms. The molecule has 0 radical (unpaired) electrons. The number of piperidine rings is 2. The molecule has 0 bridgehead atoms. The van der Waals surface area contributed by atoms with E-state index in [2.05, 4.69) is 16.7 Å². The summed E-state index contributed by atoms with van der Waals surface area (Å²) in [6.07, 6.45) is 13.4. The molecule has 47 heavy (non-hydrogen) atoms. The lowest BCUT2D eigenvalue weighted by Crippen LogP contribution is -2.51. The Bertz CT molecular complexity index is 1030. The largest absolute Gasteiger partial charge is 0.481 e. The summed E-state index contributed by atoms with van der Waals surface area (Å²) < 4.78 is 10.9. The second-order valence-corrected chi connectivity index (χ2v) is 16.1. The van der Waals surface area contributed by atoms with E-state index in [0.717, 1.165) is 58.0 Å². The Morgan fingerprint density at radius 2 is 1.06 bits per heavy atom. The van der Waals surface area contributed by atoms with Crippen LogP contribution in [0.3, 0.4) is 0 Å². The molecule has 4 rings (SSSR count). The quantitative estimate of drug-likeness (QED) is 0.280. The Kier molecular flexibility index (Phi) is 15.1. The number of hydrogen-bond donors (Lipinski definition) is 3. The molecule has 2 heterocycles. The summed E-state index contributed by atoms with van der Waals surface area (Å²) in [6.45, 7) is 14.2. The normalized spacial score (nSPS) is 26.4. The predicted molar refractivity (Wildman–Crippen MR) is 182 cm³/mol. The molecule has 0 spiro atoms. The molecule has 2 amide bonds. The SMILES string of the molecule is CC(C)(C)OC(=O)N1CCC(N[C@H]2CCCC[C@@H]2CC#N)CC1.CC(C)(C)OC(=O)N1CCC(N[C@H]2CCCC[C@@H]2CC(=O)O)CC1. The van der Waals surface area contributed by atoms with Crippen LogP contribution in [0.1, 0.15) is 131 Å². The van der Waals surface area contributed by atoms with Gasteiger partial charge < -0.3 is 35.0 Å². The van der Waals surface area contributed by atoms with Crippen LogP contribution >= 0.6 is 0 Å². The highest BCUT2D eigenvalue weighted by Gasteiger charge is 2.33. The number of likely N-dealkylation sites (tertiary alicyclic amines) is 2. The maximum absolute atomic E-state index is 12.1. The van der Waals surface area contributed by atoms with Crippen molar-refractivity contribution < 1.29 is 29.0 Å². The average molecular weight is 662 g/mol. The van der Waals surface area contributed by atoms with E-state index in [0.29, 0.717) is 49.6 Å². The summed E-state index contributed by atoms with van der Waals surface area (Å²) in [5.41, 5.74) is -0.892. The van der Waals surface area contributed by atoms with Gasteiger partial charge in [-0.05, 0) is 105 Å². The number of aliphatic carboxylic acids is 1. The lowest BCUT2D eigenvalue weighted by Gasteiger charge is -2.38. The zero-order valence-corrected chi connectivity index (χ0v) is 30.0. The fraction of sp³-hybridized carbons (Fsp3) is 0.889. The minimum absolute atomic E-state index is 0.198. The topological polar surface area (TPSA) is 144 Å². The molecule has 0 aromatic heterocycles. The summed E-state index contributed by atoms with van der Waals surface area (Å²) in [4.78, 5) is 38.8. The van der Waals surface area contributed by atoms with E-state index in [9.17, 15) is 14.4 Å². The van der Waals surface area contributed by atoms with Crippen LogP contribution in [0.4, 0.5) is 9.59 Å². The van der Waals surface area contributed by atoms with Gasteiger partial charge in [0.15, 0.2) is 0 Å². The maximum atomic E-state index is 12.1. The van der Waals surface area contributed by atoms with Crippen molar-refractivity contribution in [3.63, 3.8) is 0 Å². The number of rotatable bonds is 7. The number of ether oxygens (including phenoxy) is 2. The van der Waals surface area contributed by atoms with Gasteiger partial charge in [0.2, 0.25) is 0 Å². The maximum Gasteiger partial charge on any atom is 0.410 e. The number of carbonyl (C=O) groups excluding carboxylic acids is 2. The van der Waals surface area contributed by atoms with Gasteiger partial charge in [0.1, 0.15) is 11.2 Å². The highest BCUT2D eigenvalue weighted by molar-refractivity contribution is 5.68. The molecule has 11 nitrogen and oxygen atoms in total. The molecule has 4 atom stereocenters. The van der Waals surface area contributed by atoms with Crippen LogP contribution in [-0.2, 0) is 14.3 Å². The zero-order chi connectivity index (χ0) is 34.6. The molecule has 2 saturated heterocycles. The van der Waals surface area contributed by atoms with Crippen LogP contribution in [0.2, 0.25) is 0 Å². The summed E-state index contributed by atoms with van der Waals surface area (Å²) in [6, 6.07) is 3.93. The van der Waals surface area contributed by atoms with E-state index < -0.39 is 17.2 Å². The van der Waals surface area contributed by atoms with Crippen LogP contribution in [-0.4, -0.2) is 94.6 Å². The second-order valence-electron chi connectivity index (χ2n) is 16.1. The molecule has 0 aromatic carbocycles. The van der Waals surface area contributed by atoms with Crippen LogP contribution in [0.15, 0.2) is 0 Å². The van der Waals surface area contributed by atoms with Crippen LogP contribution in [0, 0.1) is 23.2 Å². The fourth-order valence-corrected chi connectivity index (χ4v) is 7.40. The van der Waals surface area contributed by atoms with Crippen LogP contribution in [0.25, 0.3) is 0 Å². The molecular weight excluding hydrogens is 598 g/mol. The van der Waals surface area contributed by atoms with Gasteiger partial charge in [0.25, 0.3) is 0 Å². The first-order valence-electron chi connectivity index (χ1n) is 18.2. The fourth-order valence-electron chi connectivity index (χ4n) is 7.40. The molecule has 4 aliphatic rings. The number of carboxylic acid groups (broad SMARTS) is 1. The van der Waals surface area contributed by atoms with Gasteiger partial charge in [-0.15, -0.1) is 0 Å². The molecule has 0 unspecified atom stereocenters. The van der Waals surface area contributed by atoms with Gasteiger partial charge in [-0.1, -0.05) is 25.7 Å². The Morgan fingerprint density at radius 3 is 1.45 bits per heavy atom. The van der Waals surface area contributed by atoms with Gasteiger partial charge in [-0.3, -0.25) is 4.79 Å². The van der Waals surface area contributed by atoms with Gasteiger partial charge in [-0.2, -0.15) is 5.26 Å². The zero-order valence-electron chi connectivity index (χ0n) is 30.0. The van der Waals surface area contributed by atoms with Gasteiger partial charge in [-0.25, -0.2) is 9.59 Å². The first-order chi connectivity index (χ1) is 22.1. The lowest BCUT2D eigenvalue weighted by molar-refractivity contribution is -0.138. The van der Waals surface area contributed by atoms with Crippen molar-refractivity contribution in [2.45, 2.75) is 167 Å². The summed E-state index contributed by atoms with van der Waals surface area (Å²) in [7, 11) is 0. The van der Waals surface area contributed by atoms with Crippen molar-refractivity contribution in [2.75, 3.05) is 26.2 Å². The van der Waals surface area contributed by atoms with Crippen molar-refractivity contribution in [3.8, 4) is 6.07 Å². The molecule has 2 aliphatic carbocycles. The molecular formula is C36H63N5O6. The third kappa shape index (κ3) is 14.2. The first-order valence-corrected chi connectivity index (χ1v) is 18.2. The van der Waals surface area contributed by atoms with E-state index in [4.69, 9.17) is 19.8 Å². The van der Waals surface area contributed by atoms with E-state index in [1.54, 1.807) is 4.90 Å². The van der Waals surface area contributed by atoms with Gasteiger partial charge >= 0.3 is 18.2 Å². The van der Waals surface area contributed by atoms with Gasteiger partial charge in [0.05, 0.1) is 6.07 Å². The third-order valence-electron chi connectivity index (χ3n) is 9.80. The Hall–Kier alpha value is -2.58. The minimum atomic E-state index is -0.701. The van der Waals surface area contributed by atoms with Gasteiger partial charge in [0, 0.05) is 63.2 Å². The number of nitriles is 1. The molecule has 2 saturated carbocycles. The summed E-state index contributed by atoms with van der Waals surface area (Å²) in [5, 5.41) is 25.5. The first kappa shape index (κ1) is 38.9. The Morgan fingerprint density at radius 1 is 0.681 bits per heavy atom. The van der Waals surface area contributed by atoms with Crippen LogP contribution < -0.4 is 10.6 Å². The number of nitrogens with one attached hydrogen (secondary N) is 2. The standard InChI is InChI=1S/C18H31N3O2.C18H32N2O4/c1-18(2,3)23-17(22)21-12-9-15(10-13-21)20-16-7-5-4-6-14(16)8-11-19;1-18(2,3)24-17(23)20-10-8-14(9-11-20)19-15-7-5-4-6-13(15)12-16(21)22/h14-16,20H,4-10,12-13H2,1-3H3;13-15,19H,4-12H2,1-3H3,(H,21,22)/t14-,16+;13-,15+/m11/s1. The van der Waals surface area contributed by atoms with E-state index in [1.165, 1.54) is 32.1 Å². The minimum Gasteiger partial charge on any atom is -0.481 e. The molecule has 3 N–H and O–H groups in total. The highest BCUT2D eigenvalue weighted by Crippen LogP contribution is 2.30. The number of carboxylic acids is 1. The summed E-state index contributed by atoms with van der Waals surface area (Å²) in [5.74, 6) is 0.0335. The van der Waals surface area contributed by atoms with Crippen molar-refractivity contribution >= 4 is 18.2 Å². The predicted octanol–water partition coefficient (Wildman–Crippen LogP) is 6.46. The molecule has 268 valence electrons. The molecule has 4 fully saturated rings. The number of carbonyl (C=O) groups is 3. The van der Waals surface area contributed by atoms with Crippen LogP contribution in [0.5, 0.6) is 0 Å². The van der Waals surface area contributed by atoms with E-state index in [-0.39, 0.29) is 24.5 Å². The number of nitrogens with zero attached hydrogens (tertiary/aromatic N) is 3. The summed E-state index contributed by atoms with van der Waals surface area (Å²) >= 11 is 0. The monoisotopic (exact) mass is 661 g/mol. The van der Waals surface area contributed by atoms with Crippen molar-refractivity contribution in [2.24, 2.45) is 11.8 Å². The second kappa shape index (κ2) is 18.3. The van der Waals surface area contributed by atoms with E-state index >= 15 is 0 Å². The molecule has 0 aromatic rings. The lowest BCUT2D eigenvalue weighted by atomic mass is 9.81. The Balaban J connectivity index is 0.000000256. The third-order valence-corrected chi connectivity index (χ3v) is 9.80. The number of amides is 2. The number of hydrogen-bond acceptors (Lipinski definition) is 8. The van der Waals surface area contributed by atoms with Crippen molar-refractivity contribution in [1.29, 1.82) is 5.26 Å². The van der Waals surface area contributed by atoms with E-state index in [1.807, 2.05) is 46.4 Å². The van der Waals surface area contributed by atoms with Crippen molar-refractivity contribution in [1.82, 2.24) is 20.4 Å².